The van der Waals surface area contributed by atoms with Crippen LogP contribution in [-0.2, 0) is 39.4 Å². The van der Waals surface area contributed by atoms with Gasteiger partial charge in [0.25, 0.3) is 0 Å². The summed E-state index contributed by atoms with van der Waals surface area (Å²) >= 11 is 0. The number of hydrogen-bond donors (Lipinski definition) is 0. The Hall–Kier alpha value is -4.01. The highest BCUT2D eigenvalue weighted by Gasteiger charge is 2.66. The van der Waals surface area contributed by atoms with E-state index in [-0.39, 0.29) is 93.4 Å². The summed E-state index contributed by atoms with van der Waals surface area (Å²) in [6.45, 7) is 11.5. The lowest BCUT2D eigenvalue weighted by molar-refractivity contribution is -0.175. The molecule has 0 radical (unpaired) electrons. The Bertz CT molecular complexity index is 2510. The van der Waals surface area contributed by atoms with Gasteiger partial charge in [0.05, 0.1) is 13.0 Å². The zero-order valence-corrected chi connectivity index (χ0v) is 38.9. The zero-order valence-electron chi connectivity index (χ0n) is 37.3. The summed E-state index contributed by atoms with van der Waals surface area (Å²) < 4.78 is 92.7. The van der Waals surface area contributed by atoms with Gasteiger partial charge in [0.1, 0.15) is 17.3 Å². The molecule has 4 saturated carbocycles. The predicted octanol–water partition coefficient (Wildman–Crippen LogP) is 11.7. The second-order valence-corrected chi connectivity index (χ2v) is 23.6. The van der Waals surface area contributed by atoms with Crippen LogP contribution in [0.15, 0.2) is 72.8 Å². The van der Waals surface area contributed by atoms with Crippen LogP contribution in [0.5, 0.6) is 0 Å². The number of carbonyl (C=O) groups excluding carboxylic acids is 4. The Balaban J connectivity index is 0.000000223. The molecule has 3 aromatic carbocycles. The van der Waals surface area contributed by atoms with Gasteiger partial charge in [-0.05, 0) is 108 Å². The van der Waals surface area contributed by atoms with Gasteiger partial charge in [0, 0.05) is 64.7 Å². The first-order valence-electron chi connectivity index (χ1n) is 22.3. The maximum absolute atomic E-state index is 13.8. The lowest BCUT2D eigenvalue weighted by Gasteiger charge is -2.58. The number of thiophene rings is 1. The Labute approximate surface area is 375 Å². The highest BCUT2D eigenvalue weighted by Crippen LogP contribution is 2.66. The van der Waals surface area contributed by atoms with Crippen molar-refractivity contribution >= 4 is 64.1 Å². The van der Waals surface area contributed by atoms with Crippen LogP contribution in [0.25, 0.3) is 25.1 Å². The molecule has 4 aliphatic rings. The Morgan fingerprint density at radius 3 is 2.03 bits per heavy atom. The second-order valence-electron chi connectivity index (χ2n) is 20.2. The SMILES string of the molecule is CC(C)(C)c1ccc(-[s+]2c3ccccc3c3ccccc32)cc1.C[C@H](CCC(=O)OCCC(F)(F)C(F)(F)S(=O)(=O)[O-])[C@H]1CC[C@H]2[C@@H]3C(=O)CC4CC(=O)CC[C@]4(C)[C@H]3CC(=O)[C@]12C. The van der Waals surface area contributed by atoms with Crippen LogP contribution >= 0.6 is 10.5 Å². The number of halogens is 4. The number of hydrogen-bond acceptors (Lipinski definition) is 8. The summed E-state index contributed by atoms with van der Waals surface area (Å²) in [5.74, 6) is -6.63. The third-order valence-electron chi connectivity index (χ3n) is 15.6. The molecule has 346 valence electrons. The van der Waals surface area contributed by atoms with E-state index in [1.165, 1.54) is 30.6 Å². The molecule has 0 amide bonds. The van der Waals surface area contributed by atoms with E-state index in [4.69, 9.17) is 0 Å². The van der Waals surface area contributed by atoms with Crippen molar-refractivity contribution in [1.29, 1.82) is 0 Å². The normalized spacial score (nSPS) is 27.9. The van der Waals surface area contributed by atoms with E-state index in [1.807, 2.05) is 13.8 Å². The average molecular weight is 927 g/mol. The van der Waals surface area contributed by atoms with Gasteiger partial charge in [-0.3, -0.25) is 19.2 Å². The fourth-order valence-corrected chi connectivity index (χ4v) is 14.7. The quantitative estimate of drug-likeness (QED) is 0.0664. The number of ketones is 3. The van der Waals surface area contributed by atoms with Crippen molar-refractivity contribution in [3.05, 3.63) is 78.4 Å². The Morgan fingerprint density at radius 2 is 1.45 bits per heavy atom. The number of carbonyl (C=O) groups is 4. The number of fused-ring (bicyclic) bond motifs is 8. The van der Waals surface area contributed by atoms with Crippen LogP contribution in [0.1, 0.15) is 111 Å². The van der Waals surface area contributed by atoms with Crippen LogP contribution in [0.4, 0.5) is 17.6 Å². The molecule has 1 heterocycles. The molecule has 14 heteroatoms. The smallest absolute Gasteiger partial charge is 0.396 e. The topological polar surface area (TPSA) is 135 Å². The third-order valence-corrected chi connectivity index (χ3v) is 18.8. The van der Waals surface area contributed by atoms with Crippen LogP contribution in [0.3, 0.4) is 0 Å². The minimum absolute atomic E-state index is 0.0244. The molecule has 0 saturated heterocycles. The Kier molecular flexibility index (Phi) is 13.0. The molecular formula is C50H58F4O8S2. The average Bonchev–Trinajstić information content (AvgIpc) is 3.76. The monoisotopic (exact) mass is 926 g/mol. The maximum atomic E-state index is 13.8. The van der Waals surface area contributed by atoms with Crippen molar-refractivity contribution in [3.8, 4) is 4.90 Å². The minimum Gasteiger partial charge on any atom is -0.743 e. The molecule has 0 aliphatic heterocycles. The van der Waals surface area contributed by atoms with Crippen LogP contribution < -0.4 is 0 Å². The molecule has 8 rings (SSSR count). The lowest BCUT2D eigenvalue weighted by atomic mass is 9.44. The van der Waals surface area contributed by atoms with Gasteiger partial charge in [-0.1, -0.05) is 77.9 Å². The van der Waals surface area contributed by atoms with Crippen LogP contribution in [0.2, 0.25) is 0 Å². The van der Waals surface area contributed by atoms with Crippen LogP contribution in [0, 0.1) is 46.3 Å². The van der Waals surface area contributed by atoms with Crippen LogP contribution in [-0.4, -0.2) is 54.1 Å². The van der Waals surface area contributed by atoms with Gasteiger partial charge in [0.15, 0.2) is 24.4 Å². The molecule has 1 aromatic heterocycles. The highest BCUT2D eigenvalue weighted by molar-refractivity contribution is 7.86. The maximum Gasteiger partial charge on any atom is 0.396 e. The van der Waals surface area contributed by atoms with Crippen molar-refractivity contribution in [2.45, 2.75) is 122 Å². The van der Waals surface area contributed by atoms with E-state index >= 15 is 0 Å². The van der Waals surface area contributed by atoms with E-state index in [0.29, 0.717) is 38.5 Å². The summed E-state index contributed by atoms with van der Waals surface area (Å²) in [5, 5.41) is -3.05. The fourth-order valence-electron chi connectivity index (χ4n) is 11.8. The van der Waals surface area contributed by atoms with Gasteiger partial charge in [-0.15, -0.1) is 0 Å². The molecule has 64 heavy (non-hydrogen) atoms. The first-order chi connectivity index (χ1) is 29.8. The molecule has 0 spiro atoms. The summed E-state index contributed by atoms with van der Waals surface area (Å²) in [4.78, 5) is 53.0. The van der Waals surface area contributed by atoms with Gasteiger partial charge in [0.2, 0.25) is 0 Å². The van der Waals surface area contributed by atoms with Crippen molar-refractivity contribution in [2.75, 3.05) is 6.61 Å². The molecule has 4 aromatic rings. The standard InChI is InChI=1S/C28H38F4O8S.C22H21S/c1-15(4-7-23(36)40-11-10-27(29,30)28(31,32)41(37,38)39)18-5-6-19-24-20(14-22(35)26(18,19)3)25(2)9-8-17(33)12-16(25)13-21(24)34;1-22(2,3)16-12-14-17(15-13-16)23-20-10-6-4-8-18(20)19-9-5-7-11-21(19)23/h15-16,18-20,24H,4-14H2,1-3H3,(H,37,38,39);4-15H,1-3H3/q;+1/p-1/t15-,16?,18-,19+,20+,24+,25+,26-;/m1./s1. The van der Waals surface area contributed by atoms with E-state index in [0.717, 1.165) is 0 Å². The molecule has 8 nitrogen and oxygen atoms in total. The summed E-state index contributed by atoms with van der Waals surface area (Å²) in [6, 6.07) is 26.9. The summed E-state index contributed by atoms with van der Waals surface area (Å²) in [7, 11) is -6.60. The number of ether oxygens (including phenoxy) is 1. The predicted molar refractivity (Wildman–Crippen MR) is 239 cm³/mol. The largest absolute Gasteiger partial charge is 0.743 e. The van der Waals surface area contributed by atoms with Crippen molar-refractivity contribution in [1.82, 2.24) is 0 Å². The van der Waals surface area contributed by atoms with Gasteiger partial charge >= 0.3 is 17.1 Å². The van der Waals surface area contributed by atoms with Gasteiger partial charge in [-0.2, -0.15) is 17.6 Å². The van der Waals surface area contributed by atoms with E-state index < -0.39 is 45.7 Å². The number of rotatable bonds is 10. The van der Waals surface area contributed by atoms with Gasteiger partial charge in [-0.25, -0.2) is 8.42 Å². The first kappa shape index (κ1) is 47.9. The first-order valence-corrected chi connectivity index (χ1v) is 24.9. The second kappa shape index (κ2) is 17.3. The minimum atomic E-state index is -6.62. The van der Waals surface area contributed by atoms with E-state index in [1.54, 1.807) is 0 Å². The number of esters is 1. The molecule has 4 aliphatic carbocycles. The van der Waals surface area contributed by atoms with E-state index in [9.17, 15) is 49.7 Å². The summed E-state index contributed by atoms with van der Waals surface area (Å²) in [5.41, 5.74) is 0.583. The Morgan fingerprint density at radius 1 is 0.859 bits per heavy atom. The van der Waals surface area contributed by atoms with Crippen molar-refractivity contribution in [2.24, 2.45) is 46.3 Å². The molecule has 0 N–H and O–H groups in total. The number of Topliss-reactive ketones (excluding diaryl/α,β-unsaturated/α-hetero) is 3. The van der Waals surface area contributed by atoms with Crippen molar-refractivity contribution in [3.63, 3.8) is 0 Å². The lowest BCUT2D eigenvalue weighted by Crippen LogP contribution is -2.60. The van der Waals surface area contributed by atoms with E-state index in [2.05, 4.69) is 105 Å². The molecular weight excluding hydrogens is 869 g/mol. The number of alkyl halides is 4. The molecule has 1 unspecified atom stereocenters. The summed E-state index contributed by atoms with van der Waals surface area (Å²) in [6.07, 6.45) is 1.64. The van der Waals surface area contributed by atoms with Crippen molar-refractivity contribution < 1.29 is 54.4 Å². The highest BCUT2D eigenvalue weighted by atomic mass is 32.2. The third kappa shape index (κ3) is 8.48. The molecule has 0 bridgehead atoms. The molecule has 4 fully saturated rings. The number of benzene rings is 3. The zero-order chi connectivity index (χ0) is 46.8. The fraction of sp³-hybridized carbons (Fsp3) is 0.560. The van der Waals surface area contributed by atoms with Gasteiger partial charge < -0.3 is 9.29 Å². The molecule has 8 atom stereocenters.